The predicted octanol–water partition coefficient (Wildman–Crippen LogP) is 3.25. The van der Waals surface area contributed by atoms with Crippen LogP contribution in [-0.4, -0.2) is 17.3 Å². The third-order valence-corrected chi connectivity index (χ3v) is 4.49. The first kappa shape index (κ1) is 18.5. The summed E-state index contributed by atoms with van der Waals surface area (Å²) in [5.74, 6) is -0.563. The number of carbonyl (C=O) groups excluding carboxylic acids is 1. The van der Waals surface area contributed by atoms with Gasteiger partial charge in [-0.3, -0.25) is 4.79 Å². The molecule has 0 bridgehead atoms. The lowest BCUT2D eigenvalue weighted by Crippen LogP contribution is -2.29. The molecule has 0 aliphatic carbocycles. The van der Waals surface area contributed by atoms with Gasteiger partial charge in [0.25, 0.3) is 5.91 Å². The van der Waals surface area contributed by atoms with Crippen molar-refractivity contribution in [3.63, 3.8) is 0 Å². The highest BCUT2D eigenvalue weighted by molar-refractivity contribution is 6.30. The van der Waals surface area contributed by atoms with E-state index < -0.39 is 12.2 Å². The van der Waals surface area contributed by atoms with E-state index in [9.17, 15) is 4.79 Å². The molecule has 0 saturated heterocycles. The van der Waals surface area contributed by atoms with Crippen molar-refractivity contribution in [3.05, 3.63) is 82.1 Å². The Labute approximate surface area is 157 Å². The SMILES string of the molecule is NC(=O)C1=C[C@@H](c2ccc(Cl)cc2)C[C@@H](OCc2ccc(CO)cc2)O1. The van der Waals surface area contributed by atoms with E-state index in [2.05, 4.69) is 0 Å². The molecule has 3 rings (SSSR count). The number of hydrogen-bond acceptors (Lipinski definition) is 4. The largest absolute Gasteiger partial charge is 0.459 e. The molecule has 2 atom stereocenters. The summed E-state index contributed by atoms with van der Waals surface area (Å²) >= 11 is 5.94. The number of amides is 1. The summed E-state index contributed by atoms with van der Waals surface area (Å²) in [5, 5.41) is 9.74. The van der Waals surface area contributed by atoms with Crippen molar-refractivity contribution >= 4 is 17.5 Å². The zero-order valence-electron chi connectivity index (χ0n) is 14.1. The van der Waals surface area contributed by atoms with E-state index >= 15 is 0 Å². The molecular weight excluding hydrogens is 354 g/mol. The van der Waals surface area contributed by atoms with Gasteiger partial charge >= 0.3 is 0 Å². The molecular formula is C20H20ClNO4. The molecule has 1 heterocycles. The quantitative estimate of drug-likeness (QED) is 0.814. The maximum atomic E-state index is 11.6. The first-order chi connectivity index (χ1) is 12.5. The first-order valence-electron chi connectivity index (χ1n) is 8.29. The van der Waals surface area contributed by atoms with Crippen LogP contribution in [0, 0.1) is 0 Å². The second kappa shape index (κ2) is 8.36. The lowest BCUT2D eigenvalue weighted by molar-refractivity contribution is -0.148. The number of benzene rings is 2. The topological polar surface area (TPSA) is 81.8 Å². The van der Waals surface area contributed by atoms with Gasteiger partial charge in [0.15, 0.2) is 5.76 Å². The molecule has 0 unspecified atom stereocenters. The summed E-state index contributed by atoms with van der Waals surface area (Å²) in [4.78, 5) is 11.6. The van der Waals surface area contributed by atoms with Crippen molar-refractivity contribution in [2.75, 3.05) is 0 Å². The summed E-state index contributed by atoms with van der Waals surface area (Å²) < 4.78 is 11.4. The molecule has 6 heteroatoms. The van der Waals surface area contributed by atoms with E-state index in [1.54, 1.807) is 6.08 Å². The van der Waals surface area contributed by atoms with Crippen LogP contribution >= 0.6 is 11.6 Å². The summed E-state index contributed by atoms with van der Waals surface area (Å²) in [5.41, 5.74) is 8.20. The Hall–Kier alpha value is -2.34. The Kier molecular flexibility index (Phi) is 5.93. The molecule has 5 nitrogen and oxygen atoms in total. The van der Waals surface area contributed by atoms with E-state index in [0.717, 1.165) is 16.7 Å². The highest BCUT2D eigenvalue weighted by Crippen LogP contribution is 2.32. The van der Waals surface area contributed by atoms with Gasteiger partial charge in [0.2, 0.25) is 6.29 Å². The molecule has 0 saturated carbocycles. The van der Waals surface area contributed by atoms with Crippen LogP contribution in [0.1, 0.15) is 29.0 Å². The predicted molar refractivity (Wildman–Crippen MR) is 98.1 cm³/mol. The highest BCUT2D eigenvalue weighted by Gasteiger charge is 2.27. The minimum Gasteiger partial charge on any atom is -0.459 e. The van der Waals surface area contributed by atoms with Gasteiger partial charge in [0.05, 0.1) is 13.2 Å². The number of halogens is 1. The smallest absolute Gasteiger partial charge is 0.283 e. The van der Waals surface area contributed by atoms with Crippen LogP contribution < -0.4 is 5.73 Å². The Morgan fingerprint density at radius 3 is 2.42 bits per heavy atom. The molecule has 1 aliphatic rings. The number of ether oxygens (including phenoxy) is 2. The van der Waals surface area contributed by atoms with Crippen LogP contribution in [0.4, 0.5) is 0 Å². The van der Waals surface area contributed by atoms with Crippen LogP contribution in [0.25, 0.3) is 0 Å². The van der Waals surface area contributed by atoms with Crippen LogP contribution in [0.2, 0.25) is 5.02 Å². The highest BCUT2D eigenvalue weighted by atomic mass is 35.5. The lowest BCUT2D eigenvalue weighted by atomic mass is 9.93. The van der Waals surface area contributed by atoms with Gasteiger partial charge in [-0.25, -0.2) is 0 Å². The number of hydrogen-bond donors (Lipinski definition) is 2. The Bertz CT molecular complexity index is 786. The third-order valence-electron chi connectivity index (χ3n) is 4.24. The Morgan fingerprint density at radius 1 is 1.15 bits per heavy atom. The van der Waals surface area contributed by atoms with Gasteiger partial charge in [-0.05, 0) is 34.9 Å². The number of rotatable bonds is 6. The minimum absolute atomic E-state index is 0.00239. The number of aliphatic hydroxyl groups excluding tert-OH is 1. The van der Waals surface area contributed by atoms with Crippen molar-refractivity contribution in [2.24, 2.45) is 5.73 Å². The van der Waals surface area contributed by atoms with Crippen molar-refractivity contribution in [1.29, 1.82) is 0 Å². The van der Waals surface area contributed by atoms with Crippen molar-refractivity contribution in [3.8, 4) is 0 Å². The van der Waals surface area contributed by atoms with Crippen molar-refractivity contribution in [1.82, 2.24) is 0 Å². The normalized spacial score (nSPS) is 19.5. The summed E-state index contributed by atoms with van der Waals surface area (Å²) in [6.07, 6.45) is 1.70. The summed E-state index contributed by atoms with van der Waals surface area (Å²) in [6, 6.07) is 14.9. The number of carbonyl (C=O) groups is 1. The summed E-state index contributed by atoms with van der Waals surface area (Å²) in [7, 11) is 0. The van der Waals surface area contributed by atoms with Crippen LogP contribution in [-0.2, 0) is 27.5 Å². The molecule has 0 aromatic heterocycles. The maximum absolute atomic E-state index is 11.6. The number of nitrogens with two attached hydrogens (primary N) is 1. The zero-order valence-corrected chi connectivity index (χ0v) is 14.9. The second-order valence-corrected chi connectivity index (χ2v) is 6.56. The minimum atomic E-state index is -0.621. The fourth-order valence-electron chi connectivity index (χ4n) is 2.80. The summed E-state index contributed by atoms with van der Waals surface area (Å²) in [6.45, 7) is 0.332. The number of allylic oxidation sites excluding steroid dienone is 1. The molecule has 0 fully saturated rings. The van der Waals surface area contributed by atoms with E-state index in [4.69, 9.17) is 31.9 Å². The van der Waals surface area contributed by atoms with Crippen LogP contribution in [0.15, 0.2) is 60.4 Å². The average molecular weight is 374 g/mol. The van der Waals surface area contributed by atoms with Gasteiger partial charge in [0.1, 0.15) is 0 Å². The molecule has 2 aromatic rings. The van der Waals surface area contributed by atoms with E-state index in [-0.39, 0.29) is 18.3 Å². The molecule has 0 spiro atoms. The van der Waals surface area contributed by atoms with Gasteiger partial charge in [0, 0.05) is 17.4 Å². The molecule has 1 amide bonds. The fourth-order valence-corrected chi connectivity index (χ4v) is 2.93. The monoisotopic (exact) mass is 373 g/mol. The third kappa shape index (κ3) is 4.64. The standard InChI is InChI=1S/C20H20ClNO4/c21-17-7-5-15(6-8-17)16-9-18(20(22)24)26-19(10-16)25-12-14-3-1-13(11-23)2-4-14/h1-9,16,19,23H,10-12H2,(H2,22,24)/t16-,19+/m1/s1. The van der Waals surface area contributed by atoms with E-state index in [1.807, 2.05) is 48.5 Å². The number of aliphatic hydroxyl groups is 1. The fraction of sp³-hybridized carbons (Fsp3) is 0.250. The van der Waals surface area contributed by atoms with E-state index in [0.29, 0.717) is 18.1 Å². The second-order valence-electron chi connectivity index (χ2n) is 6.12. The first-order valence-corrected chi connectivity index (χ1v) is 8.67. The zero-order chi connectivity index (χ0) is 18.5. The maximum Gasteiger partial charge on any atom is 0.283 e. The lowest BCUT2D eigenvalue weighted by Gasteiger charge is -2.28. The van der Waals surface area contributed by atoms with Crippen molar-refractivity contribution in [2.45, 2.75) is 31.8 Å². The van der Waals surface area contributed by atoms with Gasteiger partial charge in [-0.2, -0.15) is 0 Å². The van der Waals surface area contributed by atoms with Crippen LogP contribution in [0.3, 0.4) is 0 Å². The molecule has 26 heavy (non-hydrogen) atoms. The van der Waals surface area contributed by atoms with Gasteiger partial charge < -0.3 is 20.3 Å². The molecule has 2 aromatic carbocycles. The Morgan fingerprint density at radius 2 is 1.81 bits per heavy atom. The molecule has 1 aliphatic heterocycles. The van der Waals surface area contributed by atoms with Gasteiger partial charge in [-0.1, -0.05) is 48.0 Å². The van der Waals surface area contributed by atoms with Gasteiger partial charge in [-0.15, -0.1) is 0 Å². The molecule has 136 valence electrons. The Balaban J connectivity index is 1.70. The van der Waals surface area contributed by atoms with E-state index in [1.165, 1.54) is 0 Å². The number of primary amides is 1. The van der Waals surface area contributed by atoms with Crippen molar-refractivity contribution < 1.29 is 19.4 Å². The molecule has 3 N–H and O–H groups in total. The average Bonchev–Trinajstić information content (AvgIpc) is 2.67. The van der Waals surface area contributed by atoms with Crippen LogP contribution in [0.5, 0.6) is 0 Å². The molecule has 0 radical (unpaired) electrons.